The maximum atomic E-state index is 2.37. The van der Waals surface area contributed by atoms with Crippen molar-refractivity contribution in [2.75, 3.05) is 0 Å². The molecule has 0 bridgehead atoms. The molecule has 37 heavy (non-hydrogen) atoms. The zero-order valence-electron chi connectivity index (χ0n) is 21.6. The predicted octanol–water partition coefficient (Wildman–Crippen LogP) is 8.95. The van der Waals surface area contributed by atoms with Gasteiger partial charge in [-0.15, -0.1) is 0 Å². The zero-order valence-corrected chi connectivity index (χ0v) is 21.6. The third-order valence-corrected chi connectivity index (χ3v) is 7.28. The average Bonchev–Trinajstić information content (AvgIpc) is 2.94. The van der Waals surface area contributed by atoms with E-state index in [4.69, 9.17) is 0 Å². The van der Waals surface area contributed by atoms with Crippen LogP contribution in [0.3, 0.4) is 0 Å². The number of nitrogens with zero attached hydrogens (tertiary/aromatic N) is 1. The van der Waals surface area contributed by atoms with Crippen LogP contribution in [-0.2, 0) is 7.05 Å². The lowest BCUT2D eigenvalue weighted by Crippen LogP contribution is -2.28. The van der Waals surface area contributed by atoms with Gasteiger partial charge in [0, 0.05) is 17.7 Å². The highest BCUT2D eigenvalue weighted by Crippen LogP contribution is 2.45. The highest BCUT2D eigenvalue weighted by atomic mass is 14.9. The highest BCUT2D eigenvalue weighted by molar-refractivity contribution is 6.05. The molecule has 0 radical (unpaired) electrons. The molecule has 0 N–H and O–H groups in total. The largest absolute Gasteiger partial charge is 0.212 e. The van der Waals surface area contributed by atoms with Gasteiger partial charge in [-0.2, -0.15) is 0 Å². The number of aryl methyl sites for hydroxylation is 3. The van der Waals surface area contributed by atoms with E-state index in [0.29, 0.717) is 0 Å². The minimum atomic E-state index is 1.22. The summed E-state index contributed by atoms with van der Waals surface area (Å²) in [4.78, 5) is 0. The number of para-hydroxylation sites is 1. The van der Waals surface area contributed by atoms with Crippen LogP contribution in [0.5, 0.6) is 0 Å². The Kier molecular flexibility index (Phi) is 5.90. The van der Waals surface area contributed by atoms with Gasteiger partial charge in [0.05, 0.1) is 5.39 Å². The molecular formula is C36H30N+. The molecule has 0 saturated heterocycles. The van der Waals surface area contributed by atoms with Gasteiger partial charge in [0.2, 0.25) is 5.52 Å². The Morgan fingerprint density at radius 1 is 0.459 bits per heavy atom. The Bertz CT molecular complexity index is 1640. The Balaban J connectivity index is 1.76. The Morgan fingerprint density at radius 3 is 1.59 bits per heavy atom. The summed E-state index contributed by atoms with van der Waals surface area (Å²) in [6.45, 7) is 4.29. The van der Waals surface area contributed by atoms with Gasteiger partial charge in [-0.3, -0.25) is 0 Å². The van der Waals surface area contributed by atoms with E-state index in [1.165, 1.54) is 66.5 Å². The number of rotatable bonds is 4. The van der Waals surface area contributed by atoms with E-state index >= 15 is 0 Å². The van der Waals surface area contributed by atoms with Crippen molar-refractivity contribution in [2.24, 2.45) is 7.05 Å². The number of fused-ring (bicyclic) bond motifs is 1. The quantitative estimate of drug-likeness (QED) is 0.224. The first-order valence-electron chi connectivity index (χ1n) is 12.8. The summed E-state index contributed by atoms with van der Waals surface area (Å²) in [6, 6.07) is 44.3. The van der Waals surface area contributed by atoms with Gasteiger partial charge in [-0.25, -0.2) is 4.57 Å². The van der Waals surface area contributed by atoms with Crippen LogP contribution in [-0.4, -0.2) is 0 Å². The van der Waals surface area contributed by atoms with Crippen molar-refractivity contribution in [3.8, 4) is 44.5 Å². The Morgan fingerprint density at radius 2 is 1.00 bits per heavy atom. The van der Waals surface area contributed by atoms with Gasteiger partial charge in [-0.05, 0) is 71.0 Å². The minimum Gasteiger partial charge on any atom is -0.201 e. The summed E-state index contributed by atoms with van der Waals surface area (Å²) in [5.41, 5.74) is 13.7. The Labute approximate surface area is 219 Å². The smallest absolute Gasteiger partial charge is 0.201 e. The lowest BCUT2D eigenvalue weighted by Gasteiger charge is -2.20. The van der Waals surface area contributed by atoms with E-state index in [1.54, 1.807) is 0 Å². The first kappa shape index (κ1) is 22.9. The molecule has 178 valence electrons. The molecule has 1 heteroatoms. The van der Waals surface area contributed by atoms with Crippen molar-refractivity contribution in [1.82, 2.24) is 0 Å². The lowest BCUT2D eigenvalue weighted by atomic mass is 9.83. The van der Waals surface area contributed by atoms with Gasteiger partial charge < -0.3 is 0 Å². The van der Waals surface area contributed by atoms with Crippen LogP contribution in [0.25, 0.3) is 55.4 Å². The molecule has 1 heterocycles. The van der Waals surface area contributed by atoms with Crippen LogP contribution in [0.15, 0.2) is 128 Å². The van der Waals surface area contributed by atoms with E-state index < -0.39 is 0 Å². The lowest BCUT2D eigenvalue weighted by molar-refractivity contribution is -0.644. The predicted molar refractivity (Wildman–Crippen MR) is 156 cm³/mol. The van der Waals surface area contributed by atoms with E-state index in [0.717, 1.165) is 0 Å². The van der Waals surface area contributed by atoms with Gasteiger partial charge in [0.1, 0.15) is 7.05 Å². The molecule has 0 unspecified atom stereocenters. The first-order chi connectivity index (χ1) is 18.1. The van der Waals surface area contributed by atoms with Crippen LogP contribution in [0.2, 0.25) is 0 Å². The molecule has 0 atom stereocenters. The zero-order chi connectivity index (χ0) is 25.4. The second-order valence-corrected chi connectivity index (χ2v) is 9.90. The number of hydrogen-bond acceptors (Lipinski definition) is 0. The molecule has 6 aromatic rings. The van der Waals surface area contributed by atoms with Crippen LogP contribution in [0.4, 0.5) is 0 Å². The van der Waals surface area contributed by atoms with E-state index in [-0.39, 0.29) is 0 Å². The van der Waals surface area contributed by atoms with Crippen LogP contribution in [0.1, 0.15) is 11.1 Å². The Hall–Kier alpha value is -4.49. The van der Waals surface area contributed by atoms with Gasteiger partial charge in [0.25, 0.3) is 0 Å². The first-order valence-corrected chi connectivity index (χ1v) is 12.8. The number of pyridine rings is 1. The maximum absolute atomic E-state index is 2.37. The summed E-state index contributed by atoms with van der Waals surface area (Å²) >= 11 is 0. The van der Waals surface area contributed by atoms with Crippen molar-refractivity contribution in [2.45, 2.75) is 13.8 Å². The topological polar surface area (TPSA) is 3.88 Å². The third kappa shape index (κ3) is 4.34. The number of benzene rings is 5. The fourth-order valence-corrected chi connectivity index (χ4v) is 5.23. The summed E-state index contributed by atoms with van der Waals surface area (Å²) < 4.78 is 2.20. The van der Waals surface area contributed by atoms with E-state index in [9.17, 15) is 0 Å². The third-order valence-electron chi connectivity index (χ3n) is 7.28. The molecular weight excluding hydrogens is 446 g/mol. The molecule has 0 spiro atoms. The van der Waals surface area contributed by atoms with Crippen LogP contribution < -0.4 is 4.57 Å². The molecule has 0 saturated carbocycles. The average molecular weight is 477 g/mol. The second kappa shape index (κ2) is 9.52. The SMILES string of the molecule is Cc1ccc(-c2cc(-c3ccccc3)cc(-c3ccc(C)cc3)c2-c2cc[n+](C)c3ccccc23)cc1. The number of hydrogen-bond donors (Lipinski definition) is 0. The van der Waals surface area contributed by atoms with Gasteiger partial charge in [-0.1, -0.05) is 102 Å². The normalized spacial score (nSPS) is 11.1. The highest BCUT2D eigenvalue weighted by Gasteiger charge is 2.20. The standard InChI is InChI=1S/C36H30N/c1-25-13-17-28(18-14-25)33-23-30(27-9-5-4-6-10-27)24-34(29-19-15-26(2)16-20-29)36(33)32-21-22-37(3)35-12-8-7-11-31(32)35/h4-24H,1-3H3/q+1. The summed E-state index contributed by atoms with van der Waals surface area (Å²) in [5, 5.41) is 1.25. The molecule has 1 aromatic heterocycles. The molecule has 0 aliphatic carbocycles. The van der Waals surface area contributed by atoms with Gasteiger partial charge >= 0.3 is 0 Å². The fourth-order valence-electron chi connectivity index (χ4n) is 5.23. The van der Waals surface area contributed by atoms with Gasteiger partial charge in [0.15, 0.2) is 6.20 Å². The summed E-state index contributed by atoms with van der Waals surface area (Å²) in [5.74, 6) is 0. The second-order valence-electron chi connectivity index (χ2n) is 9.90. The van der Waals surface area contributed by atoms with Crippen LogP contribution >= 0.6 is 0 Å². The van der Waals surface area contributed by atoms with E-state index in [2.05, 4.69) is 153 Å². The van der Waals surface area contributed by atoms with Crippen LogP contribution in [0, 0.1) is 13.8 Å². The van der Waals surface area contributed by atoms with E-state index in [1.807, 2.05) is 0 Å². The summed E-state index contributed by atoms with van der Waals surface area (Å²) in [6.07, 6.45) is 2.18. The molecule has 0 amide bonds. The molecule has 0 fully saturated rings. The van der Waals surface area contributed by atoms with Crippen molar-refractivity contribution < 1.29 is 4.57 Å². The fraction of sp³-hybridized carbons (Fsp3) is 0.0833. The van der Waals surface area contributed by atoms with Crippen molar-refractivity contribution in [1.29, 1.82) is 0 Å². The number of aromatic nitrogens is 1. The van der Waals surface area contributed by atoms with Crippen molar-refractivity contribution in [3.63, 3.8) is 0 Å². The van der Waals surface area contributed by atoms with Crippen molar-refractivity contribution in [3.05, 3.63) is 139 Å². The molecule has 1 nitrogen and oxygen atoms in total. The van der Waals surface area contributed by atoms with Crippen molar-refractivity contribution >= 4 is 10.9 Å². The molecule has 0 aliphatic rings. The molecule has 0 aliphatic heterocycles. The monoisotopic (exact) mass is 476 g/mol. The molecule has 5 aromatic carbocycles. The molecule has 6 rings (SSSR count). The minimum absolute atomic E-state index is 1.22. The summed E-state index contributed by atoms with van der Waals surface area (Å²) in [7, 11) is 2.12. The maximum Gasteiger partial charge on any atom is 0.212 e.